The molecule has 3 rings (SSSR count). The van der Waals surface area contributed by atoms with Crippen LogP contribution in [0.3, 0.4) is 0 Å². The number of ether oxygens (including phenoxy) is 2. The third kappa shape index (κ3) is 5.72. The van der Waals surface area contributed by atoms with Crippen LogP contribution in [0, 0.1) is 6.92 Å². The highest BCUT2D eigenvalue weighted by molar-refractivity contribution is 9.10. The number of anilines is 1. The fraction of sp³-hybridized carbons (Fsp3) is 0.217. The van der Waals surface area contributed by atoms with Crippen molar-refractivity contribution in [2.75, 3.05) is 25.6 Å². The zero-order chi connectivity index (χ0) is 22.4. The summed E-state index contributed by atoms with van der Waals surface area (Å²) in [6, 6.07) is 15.0. The molecular formula is C23H23BrN2O4S. The fourth-order valence-corrected chi connectivity index (χ4v) is 4.80. The van der Waals surface area contributed by atoms with Gasteiger partial charge in [0.15, 0.2) is 0 Å². The second-order valence-corrected chi connectivity index (χ2v) is 8.78. The molecule has 1 heterocycles. The summed E-state index contributed by atoms with van der Waals surface area (Å²) in [6.45, 7) is 2.72. The molecule has 2 aromatic carbocycles. The number of nitrogens with two attached hydrogens (primary N) is 1. The number of rotatable bonds is 9. The van der Waals surface area contributed by atoms with Gasteiger partial charge >= 0.3 is 0 Å². The molecule has 0 spiro atoms. The van der Waals surface area contributed by atoms with Crippen molar-refractivity contribution in [1.82, 2.24) is 0 Å². The van der Waals surface area contributed by atoms with Crippen LogP contribution in [0.15, 0.2) is 53.0 Å². The second kappa shape index (κ2) is 10.6. The number of carbonyl (C=O) groups excluding carboxylic acids is 2. The highest BCUT2D eigenvalue weighted by Crippen LogP contribution is 2.35. The molecule has 162 valence electrons. The Morgan fingerprint density at radius 3 is 2.52 bits per heavy atom. The van der Waals surface area contributed by atoms with E-state index in [1.165, 1.54) is 11.3 Å². The zero-order valence-electron chi connectivity index (χ0n) is 17.2. The van der Waals surface area contributed by atoms with E-state index in [-0.39, 0.29) is 5.91 Å². The molecule has 0 aliphatic rings. The first-order valence-corrected chi connectivity index (χ1v) is 11.2. The van der Waals surface area contributed by atoms with Crippen LogP contribution in [0.25, 0.3) is 0 Å². The number of hydrogen-bond acceptors (Lipinski definition) is 5. The number of halogens is 1. The summed E-state index contributed by atoms with van der Waals surface area (Å²) in [4.78, 5) is 25.9. The monoisotopic (exact) mass is 502 g/mol. The van der Waals surface area contributed by atoms with Gasteiger partial charge in [-0.1, -0.05) is 30.3 Å². The number of nitrogens with one attached hydrogen (secondary N) is 1. The normalized spacial score (nSPS) is 10.7. The summed E-state index contributed by atoms with van der Waals surface area (Å²) in [7, 11) is 1.60. The van der Waals surface area contributed by atoms with Crippen molar-refractivity contribution in [2.45, 2.75) is 13.3 Å². The molecule has 0 unspecified atom stereocenters. The molecule has 8 heteroatoms. The highest BCUT2D eigenvalue weighted by Gasteiger charge is 2.21. The molecular weight excluding hydrogens is 480 g/mol. The van der Waals surface area contributed by atoms with E-state index >= 15 is 0 Å². The van der Waals surface area contributed by atoms with Gasteiger partial charge in [-0.2, -0.15) is 0 Å². The Bertz CT molecular complexity index is 1080. The summed E-state index contributed by atoms with van der Waals surface area (Å²) >= 11 is 4.80. The number of benzene rings is 2. The van der Waals surface area contributed by atoms with Crippen molar-refractivity contribution in [2.24, 2.45) is 5.73 Å². The van der Waals surface area contributed by atoms with Gasteiger partial charge in [-0.3, -0.25) is 9.59 Å². The molecule has 0 aliphatic heterocycles. The van der Waals surface area contributed by atoms with E-state index in [1.54, 1.807) is 25.3 Å². The average Bonchev–Trinajstić information content (AvgIpc) is 3.04. The van der Waals surface area contributed by atoms with Gasteiger partial charge in [-0.05, 0) is 52.2 Å². The summed E-state index contributed by atoms with van der Waals surface area (Å²) in [5.74, 6) is -0.283. The van der Waals surface area contributed by atoms with Crippen LogP contribution in [0.5, 0.6) is 5.75 Å². The van der Waals surface area contributed by atoms with E-state index in [1.807, 2.05) is 37.3 Å². The number of hydrogen-bond donors (Lipinski definition) is 2. The molecule has 0 radical (unpaired) electrons. The van der Waals surface area contributed by atoms with E-state index in [0.717, 1.165) is 16.0 Å². The predicted molar refractivity (Wildman–Crippen MR) is 126 cm³/mol. The van der Waals surface area contributed by atoms with Crippen LogP contribution in [0.1, 0.15) is 36.7 Å². The van der Waals surface area contributed by atoms with Gasteiger partial charge < -0.3 is 20.5 Å². The maximum absolute atomic E-state index is 12.9. The second-order valence-electron chi connectivity index (χ2n) is 6.82. The van der Waals surface area contributed by atoms with E-state index in [0.29, 0.717) is 46.0 Å². The quantitative estimate of drug-likeness (QED) is 0.411. The van der Waals surface area contributed by atoms with Crippen LogP contribution < -0.4 is 15.8 Å². The van der Waals surface area contributed by atoms with E-state index < -0.39 is 5.91 Å². The first kappa shape index (κ1) is 23.0. The van der Waals surface area contributed by atoms with Gasteiger partial charge in [0, 0.05) is 24.0 Å². The maximum atomic E-state index is 12.9. The SMILES string of the molecule is COCCOc1ccc(C(=O)Nc2sc(Cc3ccccc3)c(C)c2C(N)=O)cc1Br. The predicted octanol–water partition coefficient (Wildman–Crippen LogP) is 4.79. The van der Waals surface area contributed by atoms with Gasteiger partial charge in [0.05, 0.1) is 16.6 Å². The summed E-state index contributed by atoms with van der Waals surface area (Å²) < 4.78 is 11.2. The van der Waals surface area contributed by atoms with E-state index in [9.17, 15) is 9.59 Å². The third-order valence-electron chi connectivity index (χ3n) is 4.67. The minimum atomic E-state index is -0.563. The van der Waals surface area contributed by atoms with Crippen LogP contribution >= 0.6 is 27.3 Å². The molecule has 0 bridgehead atoms. The Morgan fingerprint density at radius 1 is 1.13 bits per heavy atom. The lowest BCUT2D eigenvalue weighted by molar-refractivity contribution is 0.100. The number of carbonyl (C=O) groups is 2. The Kier molecular flexibility index (Phi) is 7.84. The van der Waals surface area contributed by atoms with Gasteiger partial charge in [-0.25, -0.2) is 0 Å². The maximum Gasteiger partial charge on any atom is 0.256 e. The molecule has 0 saturated carbocycles. The lowest BCUT2D eigenvalue weighted by atomic mass is 10.1. The topological polar surface area (TPSA) is 90.7 Å². The molecule has 2 amide bonds. The Hall–Kier alpha value is -2.68. The highest BCUT2D eigenvalue weighted by atomic mass is 79.9. The van der Waals surface area contributed by atoms with Crippen LogP contribution in [-0.4, -0.2) is 32.1 Å². The Morgan fingerprint density at radius 2 is 1.87 bits per heavy atom. The number of primary amides is 1. The smallest absolute Gasteiger partial charge is 0.256 e. The minimum absolute atomic E-state index is 0.334. The summed E-state index contributed by atoms with van der Waals surface area (Å²) in [5.41, 5.74) is 8.31. The van der Waals surface area contributed by atoms with Gasteiger partial charge in [0.2, 0.25) is 0 Å². The fourth-order valence-electron chi connectivity index (χ4n) is 3.06. The largest absolute Gasteiger partial charge is 0.490 e. The molecule has 0 aliphatic carbocycles. The molecule has 0 fully saturated rings. The molecule has 3 aromatic rings. The van der Waals surface area contributed by atoms with E-state index in [4.69, 9.17) is 15.2 Å². The average molecular weight is 503 g/mol. The summed E-state index contributed by atoms with van der Waals surface area (Å²) in [5, 5.41) is 3.31. The molecule has 0 atom stereocenters. The number of methoxy groups -OCH3 is 1. The van der Waals surface area contributed by atoms with Crippen LogP contribution in [0.4, 0.5) is 5.00 Å². The van der Waals surface area contributed by atoms with E-state index in [2.05, 4.69) is 21.2 Å². The number of amides is 2. The van der Waals surface area contributed by atoms with Crippen molar-refractivity contribution >= 4 is 44.1 Å². The molecule has 3 N–H and O–H groups in total. The van der Waals surface area contributed by atoms with Crippen molar-refractivity contribution in [3.63, 3.8) is 0 Å². The lowest BCUT2D eigenvalue weighted by Gasteiger charge is -2.10. The molecule has 0 saturated heterocycles. The van der Waals surface area contributed by atoms with Crippen molar-refractivity contribution < 1.29 is 19.1 Å². The Labute approximate surface area is 193 Å². The first-order chi connectivity index (χ1) is 14.9. The third-order valence-corrected chi connectivity index (χ3v) is 6.49. The first-order valence-electron chi connectivity index (χ1n) is 9.59. The minimum Gasteiger partial charge on any atom is -0.490 e. The number of thiophene rings is 1. The van der Waals surface area contributed by atoms with Crippen molar-refractivity contribution in [1.29, 1.82) is 0 Å². The van der Waals surface area contributed by atoms with Gasteiger partial charge in [-0.15, -0.1) is 11.3 Å². The standard InChI is InChI=1S/C23H23BrN2O4S/c1-14-19(12-15-6-4-3-5-7-15)31-23(20(14)21(25)27)26-22(28)16-8-9-18(17(24)13-16)30-11-10-29-2/h3-9,13H,10-12H2,1-2H3,(H2,25,27)(H,26,28). The van der Waals surface area contributed by atoms with Crippen molar-refractivity contribution in [3.05, 3.63) is 80.1 Å². The Balaban J connectivity index is 1.81. The van der Waals surface area contributed by atoms with Gasteiger partial charge in [0.25, 0.3) is 11.8 Å². The van der Waals surface area contributed by atoms with Crippen LogP contribution in [0.2, 0.25) is 0 Å². The lowest BCUT2D eigenvalue weighted by Crippen LogP contribution is -2.17. The van der Waals surface area contributed by atoms with Gasteiger partial charge in [0.1, 0.15) is 17.4 Å². The van der Waals surface area contributed by atoms with Crippen LogP contribution in [-0.2, 0) is 11.2 Å². The molecule has 1 aromatic heterocycles. The molecule has 6 nitrogen and oxygen atoms in total. The summed E-state index contributed by atoms with van der Waals surface area (Å²) in [6.07, 6.45) is 0.659. The van der Waals surface area contributed by atoms with Crippen molar-refractivity contribution in [3.8, 4) is 5.75 Å². The molecule has 31 heavy (non-hydrogen) atoms. The zero-order valence-corrected chi connectivity index (χ0v) is 19.6.